The summed E-state index contributed by atoms with van der Waals surface area (Å²) in [5.41, 5.74) is 1.26. The summed E-state index contributed by atoms with van der Waals surface area (Å²) in [7, 11) is 1.70. The van der Waals surface area contributed by atoms with E-state index in [1.807, 2.05) is 6.20 Å². The Bertz CT molecular complexity index is 360. The minimum absolute atomic E-state index is 0.629. The van der Waals surface area contributed by atoms with Gasteiger partial charge in [0, 0.05) is 11.6 Å². The molecule has 0 aliphatic heterocycles. The van der Waals surface area contributed by atoms with Crippen molar-refractivity contribution in [2.24, 2.45) is 0 Å². The predicted octanol–water partition coefficient (Wildman–Crippen LogP) is 6.50. The topological polar surface area (TPSA) is 22.1 Å². The summed E-state index contributed by atoms with van der Waals surface area (Å²) in [5, 5.41) is 0. The Hall–Kier alpha value is -1.05. The Kier molecular flexibility index (Phi) is 10.8. The van der Waals surface area contributed by atoms with Crippen molar-refractivity contribution >= 4 is 0 Å². The maximum atomic E-state index is 5.22. The van der Waals surface area contributed by atoms with Gasteiger partial charge in [-0.2, -0.15) is 0 Å². The second-order valence-corrected chi connectivity index (χ2v) is 6.37. The fourth-order valence-electron chi connectivity index (χ4n) is 3.01. The molecule has 0 aliphatic rings. The SMILES string of the molecule is CCCCCCCC(CCCCCC)c1ccc(OC)cn1. The van der Waals surface area contributed by atoms with Crippen LogP contribution in [-0.4, -0.2) is 12.1 Å². The Morgan fingerprint density at radius 2 is 1.45 bits per heavy atom. The molecule has 0 aliphatic carbocycles. The van der Waals surface area contributed by atoms with Crippen molar-refractivity contribution in [1.82, 2.24) is 4.98 Å². The van der Waals surface area contributed by atoms with Crippen LogP contribution in [0.25, 0.3) is 0 Å². The highest BCUT2D eigenvalue weighted by atomic mass is 16.5. The van der Waals surface area contributed by atoms with Gasteiger partial charge in [-0.1, -0.05) is 71.6 Å². The van der Waals surface area contributed by atoms with Crippen LogP contribution in [0, 0.1) is 0 Å². The van der Waals surface area contributed by atoms with E-state index in [9.17, 15) is 0 Å². The standard InChI is InChI=1S/C20H35NO/c1-4-6-8-10-12-14-18(13-11-9-7-5-2)20-16-15-19(22-3)17-21-20/h15-18H,4-14H2,1-3H3. The number of aromatic nitrogens is 1. The van der Waals surface area contributed by atoms with Crippen LogP contribution in [0.1, 0.15) is 96.1 Å². The van der Waals surface area contributed by atoms with E-state index in [2.05, 4.69) is 31.0 Å². The smallest absolute Gasteiger partial charge is 0.137 e. The van der Waals surface area contributed by atoms with Gasteiger partial charge in [-0.3, -0.25) is 4.98 Å². The summed E-state index contributed by atoms with van der Waals surface area (Å²) in [6, 6.07) is 4.22. The van der Waals surface area contributed by atoms with Crippen LogP contribution in [-0.2, 0) is 0 Å². The summed E-state index contributed by atoms with van der Waals surface area (Å²) < 4.78 is 5.22. The number of hydrogen-bond donors (Lipinski definition) is 0. The fourth-order valence-corrected chi connectivity index (χ4v) is 3.01. The molecule has 2 heteroatoms. The van der Waals surface area contributed by atoms with Crippen molar-refractivity contribution in [3.8, 4) is 5.75 Å². The van der Waals surface area contributed by atoms with Gasteiger partial charge in [-0.15, -0.1) is 0 Å². The number of rotatable bonds is 13. The highest BCUT2D eigenvalue weighted by molar-refractivity contribution is 5.21. The molecule has 22 heavy (non-hydrogen) atoms. The number of nitrogens with zero attached hydrogens (tertiary/aromatic N) is 1. The van der Waals surface area contributed by atoms with Crippen molar-refractivity contribution in [1.29, 1.82) is 0 Å². The molecule has 0 fully saturated rings. The van der Waals surface area contributed by atoms with Gasteiger partial charge in [-0.05, 0) is 25.0 Å². The van der Waals surface area contributed by atoms with Gasteiger partial charge in [0.25, 0.3) is 0 Å². The first-order valence-electron chi connectivity index (χ1n) is 9.31. The number of ether oxygens (including phenoxy) is 1. The molecule has 2 nitrogen and oxygen atoms in total. The zero-order chi connectivity index (χ0) is 16.0. The lowest BCUT2D eigenvalue weighted by molar-refractivity contribution is 0.411. The third-order valence-electron chi connectivity index (χ3n) is 4.48. The number of unbranched alkanes of at least 4 members (excludes halogenated alkanes) is 7. The molecule has 0 saturated heterocycles. The molecular weight excluding hydrogens is 270 g/mol. The van der Waals surface area contributed by atoms with Crippen LogP contribution < -0.4 is 4.74 Å². The average Bonchev–Trinajstić information content (AvgIpc) is 2.56. The predicted molar refractivity (Wildman–Crippen MR) is 95.7 cm³/mol. The lowest BCUT2D eigenvalue weighted by atomic mass is 9.91. The normalized spacial score (nSPS) is 12.3. The lowest BCUT2D eigenvalue weighted by Gasteiger charge is -2.17. The second-order valence-electron chi connectivity index (χ2n) is 6.37. The fraction of sp³-hybridized carbons (Fsp3) is 0.750. The second kappa shape index (κ2) is 12.5. The maximum Gasteiger partial charge on any atom is 0.137 e. The first-order chi connectivity index (χ1) is 10.8. The van der Waals surface area contributed by atoms with Crippen molar-refractivity contribution < 1.29 is 4.74 Å². The minimum Gasteiger partial charge on any atom is -0.495 e. The monoisotopic (exact) mass is 305 g/mol. The summed E-state index contributed by atoms with van der Waals surface area (Å²) in [4.78, 5) is 4.64. The van der Waals surface area contributed by atoms with Crippen molar-refractivity contribution in [2.45, 2.75) is 90.4 Å². The molecule has 1 aromatic rings. The van der Waals surface area contributed by atoms with Gasteiger partial charge in [0.1, 0.15) is 5.75 Å². The Balaban J connectivity index is 2.48. The maximum absolute atomic E-state index is 5.22. The third kappa shape index (κ3) is 7.82. The number of hydrogen-bond acceptors (Lipinski definition) is 2. The van der Waals surface area contributed by atoms with Crippen LogP contribution >= 0.6 is 0 Å². The summed E-state index contributed by atoms with van der Waals surface area (Å²) in [5.74, 6) is 1.49. The molecule has 1 aromatic heterocycles. The van der Waals surface area contributed by atoms with Gasteiger partial charge >= 0.3 is 0 Å². The van der Waals surface area contributed by atoms with Gasteiger partial charge < -0.3 is 4.74 Å². The van der Waals surface area contributed by atoms with E-state index in [4.69, 9.17) is 4.74 Å². The summed E-state index contributed by atoms with van der Waals surface area (Å²) >= 11 is 0. The molecular formula is C20H35NO. The Labute approximate surface area is 137 Å². The Morgan fingerprint density at radius 1 is 0.864 bits per heavy atom. The first kappa shape index (κ1) is 19.0. The van der Waals surface area contributed by atoms with E-state index in [0.29, 0.717) is 5.92 Å². The van der Waals surface area contributed by atoms with Gasteiger partial charge in [0.15, 0.2) is 0 Å². The average molecular weight is 306 g/mol. The van der Waals surface area contributed by atoms with Crippen LogP contribution in [0.3, 0.4) is 0 Å². The highest BCUT2D eigenvalue weighted by Crippen LogP contribution is 2.28. The molecule has 0 aromatic carbocycles. The molecule has 0 N–H and O–H groups in total. The highest BCUT2D eigenvalue weighted by Gasteiger charge is 2.12. The summed E-state index contributed by atoms with van der Waals surface area (Å²) in [6.07, 6.45) is 16.6. The van der Waals surface area contributed by atoms with E-state index in [1.54, 1.807) is 7.11 Å². The van der Waals surface area contributed by atoms with E-state index >= 15 is 0 Å². The van der Waals surface area contributed by atoms with Crippen LogP contribution in [0.5, 0.6) is 5.75 Å². The molecule has 1 rings (SSSR count). The first-order valence-corrected chi connectivity index (χ1v) is 9.31. The van der Waals surface area contributed by atoms with Crippen molar-refractivity contribution in [3.05, 3.63) is 24.0 Å². The van der Waals surface area contributed by atoms with Gasteiger partial charge in [0.2, 0.25) is 0 Å². The van der Waals surface area contributed by atoms with Crippen LogP contribution in [0.4, 0.5) is 0 Å². The van der Waals surface area contributed by atoms with Gasteiger partial charge in [0.05, 0.1) is 13.3 Å². The molecule has 0 saturated carbocycles. The molecule has 0 radical (unpaired) electrons. The van der Waals surface area contributed by atoms with Crippen LogP contribution in [0.15, 0.2) is 18.3 Å². The molecule has 126 valence electrons. The largest absolute Gasteiger partial charge is 0.495 e. The molecule has 0 spiro atoms. The Morgan fingerprint density at radius 3 is 1.95 bits per heavy atom. The van der Waals surface area contributed by atoms with Crippen molar-refractivity contribution in [2.75, 3.05) is 7.11 Å². The summed E-state index contributed by atoms with van der Waals surface area (Å²) in [6.45, 7) is 4.55. The zero-order valence-electron chi connectivity index (χ0n) is 14.9. The molecule has 1 unspecified atom stereocenters. The lowest BCUT2D eigenvalue weighted by Crippen LogP contribution is -2.02. The zero-order valence-corrected chi connectivity index (χ0v) is 14.9. The van der Waals surface area contributed by atoms with E-state index < -0.39 is 0 Å². The minimum atomic E-state index is 0.629. The number of pyridine rings is 1. The van der Waals surface area contributed by atoms with E-state index in [0.717, 1.165) is 5.75 Å². The van der Waals surface area contributed by atoms with Crippen molar-refractivity contribution in [3.63, 3.8) is 0 Å². The molecule has 1 atom stereocenters. The molecule has 1 heterocycles. The number of methoxy groups -OCH3 is 1. The quantitative estimate of drug-likeness (QED) is 0.388. The molecule has 0 bridgehead atoms. The van der Waals surface area contributed by atoms with Crippen LogP contribution in [0.2, 0.25) is 0 Å². The van der Waals surface area contributed by atoms with E-state index in [1.165, 1.54) is 76.3 Å². The molecule has 0 amide bonds. The van der Waals surface area contributed by atoms with E-state index in [-0.39, 0.29) is 0 Å². The van der Waals surface area contributed by atoms with Gasteiger partial charge in [-0.25, -0.2) is 0 Å². The third-order valence-corrected chi connectivity index (χ3v) is 4.48.